The van der Waals surface area contributed by atoms with E-state index in [0.717, 1.165) is 4.57 Å². The van der Waals surface area contributed by atoms with Gasteiger partial charge in [0.15, 0.2) is 11.5 Å². The number of aryl methyl sites for hydroxylation is 1. The van der Waals surface area contributed by atoms with Crippen LogP contribution in [-0.2, 0) is 27.7 Å². The monoisotopic (exact) mass is 634 g/mol. The number of aliphatic hydroxyl groups excluding tert-OH is 1. The van der Waals surface area contributed by atoms with Gasteiger partial charge < -0.3 is 44.4 Å². The Bertz CT molecular complexity index is 1680. The van der Waals surface area contributed by atoms with Crippen molar-refractivity contribution in [3.8, 4) is 0 Å². The molecule has 0 bridgehead atoms. The van der Waals surface area contributed by atoms with Gasteiger partial charge in [-0.25, -0.2) is 24.3 Å². The largest absolute Gasteiger partial charge is 0.756 e. The molecule has 0 spiro atoms. The van der Waals surface area contributed by atoms with Gasteiger partial charge in [0, 0.05) is 30.5 Å². The number of hydrogen-bond acceptors (Lipinski definition) is 14. The molecular weight excluding hydrogens is 608 g/mol. The number of ether oxygens (including phenoxy) is 2. The molecule has 22 heteroatoms. The Morgan fingerprint density at radius 3 is 2.57 bits per heavy atom. The zero-order chi connectivity index (χ0) is 30.6. The van der Waals surface area contributed by atoms with Gasteiger partial charge in [0.25, 0.3) is 13.4 Å². The lowest BCUT2D eigenvalue weighted by Crippen LogP contribution is -2.45. The normalized spacial score (nSPS) is 28.7. The summed E-state index contributed by atoms with van der Waals surface area (Å²) in [7, 11) is -10.6. The number of fused-ring (bicyclic) bond motifs is 1. The van der Waals surface area contributed by atoms with Crippen LogP contribution in [0.5, 0.6) is 0 Å². The van der Waals surface area contributed by atoms with Crippen LogP contribution in [0.1, 0.15) is 30.9 Å². The van der Waals surface area contributed by atoms with Gasteiger partial charge in [-0.1, -0.05) is 0 Å². The number of nitrogens with two attached hydrogens (primary N) is 1. The molecule has 0 aromatic carbocycles. The van der Waals surface area contributed by atoms with Crippen molar-refractivity contribution in [2.45, 2.75) is 56.6 Å². The van der Waals surface area contributed by atoms with Crippen molar-refractivity contribution in [3.63, 3.8) is 0 Å². The maximum Gasteiger partial charge on any atom is 0.469 e. The number of anilines is 1. The second-order valence-corrected chi connectivity index (χ2v) is 12.2. The molecule has 2 fully saturated rings. The number of rotatable bonds is 9. The average Bonchev–Trinajstić information content (AvgIpc) is 3.59. The lowest BCUT2D eigenvalue weighted by molar-refractivity contribution is -0.234. The van der Waals surface area contributed by atoms with E-state index in [1.54, 1.807) is 0 Å². The van der Waals surface area contributed by atoms with Gasteiger partial charge in [-0.2, -0.15) is 0 Å². The number of nitrogen functional groups attached to an aromatic ring is 1. The summed E-state index contributed by atoms with van der Waals surface area (Å²) in [4.78, 5) is 78.7. The molecule has 3 aromatic heterocycles. The minimum absolute atomic E-state index is 0.0599. The highest BCUT2D eigenvalue weighted by molar-refractivity contribution is 7.46. The summed E-state index contributed by atoms with van der Waals surface area (Å²) in [6.45, 7) is 0.664. The molecule has 0 saturated carbocycles. The number of imidazole rings is 1. The van der Waals surface area contributed by atoms with Crippen LogP contribution in [-0.4, -0.2) is 79.9 Å². The van der Waals surface area contributed by atoms with E-state index in [2.05, 4.69) is 24.5 Å². The van der Waals surface area contributed by atoms with Gasteiger partial charge in [-0.05, 0) is 6.92 Å². The molecule has 42 heavy (non-hydrogen) atoms. The fourth-order valence-electron chi connectivity index (χ4n) is 5.16. The molecule has 2 aliphatic heterocycles. The number of phosphoric acid groups is 2. The number of aliphatic hydroxyl groups is 1. The molecule has 2 aliphatic rings. The van der Waals surface area contributed by atoms with Crippen LogP contribution in [0.4, 0.5) is 5.82 Å². The summed E-state index contributed by atoms with van der Waals surface area (Å²) in [6, 6.07) is 0. The van der Waals surface area contributed by atoms with Crippen LogP contribution in [0.3, 0.4) is 0 Å². The van der Waals surface area contributed by atoms with Crippen LogP contribution in [0.25, 0.3) is 11.2 Å². The maximum absolute atomic E-state index is 12.4. The van der Waals surface area contributed by atoms with Gasteiger partial charge >= 0.3 is 13.5 Å². The Balaban J connectivity index is 1.50. The average molecular weight is 634 g/mol. The van der Waals surface area contributed by atoms with E-state index >= 15 is 0 Å². The Hall–Kier alpha value is -2.87. The first-order valence-electron chi connectivity index (χ1n) is 12.3. The van der Waals surface area contributed by atoms with E-state index < -0.39 is 76.3 Å². The second kappa shape index (κ2) is 11.3. The van der Waals surface area contributed by atoms with Gasteiger partial charge in [-0.15, -0.1) is 0 Å². The Kier molecular flexibility index (Phi) is 8.25. The van der Waals surface area contributed by atoms with Crippen molar-refractivity contribution in [1.29, 1.82) is 0 Å². The highest BCUT2D eigenvalue weighted by Gasteiger charge is 2.51. The fourth-order valence-corrected chi connectivity index (χ4v) is 6.09. The quantitative estimate of drug-likeness (QED) is 0.136. The predicted octanol–water partition coefficient (Wildman–Crippen LogP) is -2.23. The molecule has 2 saturated heterocycles. The lowest BCUT2D eigenvalue weighted by atomic mass is 9.89. The third-order valence-electron chi connectivity index (χ3n) is 6.98. The molecule has 0 amide bonds. The third-order valence-corrected chi connectivity index (χ3v) is 7.98. The topological polar surface area (TPSA) is 300 Å². The zero-order valence-corrected chi connectivity index (χ0v) is 23.4. The summed E-state index contributed by atoms with van der Waals surface area (Å²) >= 11 is 0. The van der Waals surface area contributed by atoms with Crippen LogP contribution in [0.15, 0.2) is 28.4 Å². The van der Waals surface area contributed by atoms with Crippen molar-refractivity contribution >= 4 is 32.6 Å². The van der Waals surface area contributed by atoms with Gasteiger partial charge in [0.05, 0.1) is 25.1 Å². The molecular formula is C20H26N7O13P2-. The number of aromatic nitrogens is 6. The molecule has 230 valence electrons. The Morgan fingerprint density at radius 1 is 1.17 bits per heavy atom. The highest BCUT2D eigenvalue weighted by atomic mass is 31.2. The molecule has 5 rings (SSSR count). The second-order valence-electron chi connectivity index (χ2n) is 9.77. The minimum Gasteiger partial charge on any atom is -0.756 e. The lowest BCUT2D eigenvalue weighted by Gasteiger charge is -2.35. The van der Waals surface area contributed by atoms with E-state index in [4.69, 9.17) is 19.7 Å². The fraction of sp³-hybridized carbons (Fsp3) is 0.550. The molecule has 8 atom stereocenters. The Labute approximate surface area is 234 Å². The van der Waals surface area contributed by atoms with E-state index in [1.165, 1.54) is 30.3 Å². The maximum atomic E-state index is 12.4. The van der Waals surface area contributed by atoms with E-state index in [-0.39, 0.29) is 35.4 Å². The molecule has 0 radical (unpaired) electrons. The summed E-state index contributed by atoms with van der Waals surface area (Å²) < 4.78 is 47.3. The summed E-state index contributed by atoms with van der Waals surface area (Å²) in [5.41, 5.74) is 4.95. The van der Waals surface area contributed by atoms with Crippen molar-refractivity contribution in [2.75, 3.05) is 12.3 Å². The summed E-state index contributed by atoms with van der Waals surface area (Å²) in [5.74, 6) is -1.11. The van der Waals surface area contributed by atoms with Crippen molar-refractivity contribution in [2.24, 2.45) is 5.92 Å². The van der Waals surface area contributed by atoms with E-state index in [9.17, 15) is 43.4 Å². The standard InChI is InChI=1S/C20H27N7O13P2/c1-8-4-26(20(30)25-19(8)29)13-3-10(28)16(39-13)15(40-42(34,35)36)9-2-12(38-11(9)5-37-41(31,32)33)27-7-24-14-17(21)22-6-23-18(14)27/h4,6-7,9-13,15-16,28H,2-3,5H2,1H3,(H2,21,22,23)(H,25,29,30)(H2,31,32,33)(H2,34,35,36)/p-1. The first-order chi connectivity index (χ1) is 19.6. The Morgan fingerprint density at radius 2 is 1.88 bits per heavy atom. The molecule has 8 unspecified atom stereocenters. The summed E-state index contributed by atoms with van der Waals surface area (Å²) in [5, 5.41) is 10.9. The van der Waals surface area contributed by atoms with Crippen molar-refractivity contribution < 1.29 is 52.3 Å². The minimum atomic E-state index is -5.54. The van der Waals surface area contributed by atoms with Gasteiger partial charge in [0.2, 0.25) is 0 Å². The molecule has 0 aliphatic carbocycles. The molecule has 3 aromatic rings. The summed E-state index contributed by atoms with van der Waals surface area (Å²) in [6.07, 6.45) is -4.94. The number of nitrogens with zero attached hydrogens (tertiary/aromatic N) is 5. The molecule has 20 nitrogen and oxygen atoms in total. The van der Waals surface area contributed by atoms with Crippen LogP contribution >= 0.6 is 15.6 Å². The van der Waals surface area contributed by atoms with Crippen LogP contribution in [0, 0.1) is 12.8 Å². The van der Waals surface area contributed by atoms with Crippen molar-refractivity contribution in [3.05, 3.63) is 45.3 Å². The highest BCUT2D eigenvalue weighted by Crippen LogP contribution is 2.48. The number of H-pyrrole nitrogens is 1. The zero-order valence-electron chi connectivity index (χ0n) is 21.6. The number of nitrogens with one attached hydrogen (secondary N) is 1. The van der Waals surface area contributed by atoms with Gasteiger partial charge in [-0.3, -0.25) is 28.0 Å². The van der Waals surface area contributed by atoms with Crippen LogP contribution < -0.4 is 21.9 Å². The van der Waals surface area contributed by atoms with Crippen LogP contribution in [0.2, 0.25) is 0 Å². The van der Waals surface area contributed by atoms with Crippen molar-refractivity contribution in [1.82, 2.24) is 29.1 Å². The smallest absolute Gasteiger partial charge is 0.469 e. The van der Waals surface area contributed by atoms with E-state index in [1.807, 2.05) is 0 Å². The first kappa shape index (κ1) is 30.6. The number of phosphoric ester groups is 2. The van der Waals surface area contributed by atoms with Gasteiger partial charge in [0.1, 0.15) is 36.5 Å². The first-order valence-corrected chi connectivity index (χ1v) is 15.3. The molecule has 7 N–H and O–H groups in total. The molecule has 5 heterocycles. The number of hydrogen-bond donors (Lipinski definition) is 6. The SMILES string of the molecule is Cc1cn(C2CC(O)C(C(OP(=O)([O-])O)C3CC(n4cnc5c(N)ncnc54)OC3COP(=O)(O)O)O2)c(=O)[nH]c1=O. The third kappa shape index (κ3) is 6.38. The number of aromatic amines is 1. The predicted molar refractivity (Wildman–Crippen MR) is 135 cm³/mol. The van der Waals surface area contributed by atoms with E-state index in [0.29, 0.717) is 0 Å².